The molecule has 0 aliphatic carbocycles. The lowest BCUT2D eigenvalue weighted by atomic mass is 10.0. The van der Waals surface area contributed by atoms with Crippen molar-refractivity contribution in [3.05, 3.63) is 77.9 Å². The summed E-state index contributed by atoms with van der Waals surface area (Å²) in [5, 5.41) is 1.68. The molecule has 0 N–H and O–H groups in total. The topological polar surface area (TPSA) is 42.6 Å². The number of methoxy groups -OCH3 is 1. The van der Waals surface area contributed by atoms with E-state index in [1.807, 2.05) is 42.2 Å². The van der Waals surface area contributed by atoms with E-state index in [1.165, 1.54) is 11.4 Å². The largest absolute Gasteiger partial charge is 0.497 e. The molecule has 2 aliphatic rings. The molecule has 3 aromatic rings. The van der Waals surface area contributed by atoms with E-state index in [0.717, 1.165) is 28.8 Å². The summed E-state index contributed by atoms with van der Waals surface area (Å²) >= 11 is 1.87. The van der Waals surface area contributed by atoms with Crippen molar-refractivity contribution in [3.63, 3.8) is 0 Å². The van der Waals surface area contributed by atoms with Gasteiger partial charge in [-0.1, -0.05) is 24.8 Å². The third-order valence-corrected chi connectivity index (χ3v) is 6.72. The van der Waals surface area contributed by atoms with Crippen LogP contribution in [-0.2, 0) is 0 Å². The second-order valence-corrected chi connectivity index (χ2v) is 8.98. The van der Waals surface area contributed by atoms with Crippen molar-refractivity contribution in [1.29, 1.82) is 0 Å². The number of hydrogen-bond donors (Lipinski definition) is 0. The Kier molecular flexibility index (Phi) is 4.59. The Balaban J connectivity index is 1.62. The summed E-state index contributed by atoms with van der Waals surface area (Å²) in [6, 6.07) is 18.9. The number of hydrogen-bond acceptors (Lipinski definition) is 5. The number of ether oxygens (including phenoxy) is 1. The van der Waals surface area contributed by atoms with Gasteiger partial charge in [-0.2, -0.15) is 0 Å². The first-order valence-corrected chi connectivity index (χ1v) is 10.8. The van der Waals surface area contributed by atoms with Gasteiger partial charge in [0, 0.05) is 35.1 Å². The molecule has 1 aromatic carbocycles. The number of aromatic nitrogens is 2. The van der Waals surface area contributed by atoms with Gasteiger partial charge in [0.1, 0.15) is 11.8 Å². The molecular weight excluding hydrogens is 380 g/mol. The molecule has 0 unspecified atom stereocenters. The first-order chi connectivity index (χ1) is 14.2. The van der Waals surface area contributed by atoms with Crippen molar-refractivity contribution in [3.8, 4) is 11.4 Å². The van der Waals surface area contributed by atoms with Crippen molar-refractivity contribution in [2.45, 2.75) is 31.2 Å². The van der Waals surface area contributed by atoms with Crippen LogP contribution in [-0.4, -0.2) is 38.5 Å². The highest BCUT2D eigenvalue weighted by atomic mass is 32.2. The van der Waals surface area contributed by atoms with Gasteiger partial charge in [0.2, 0.25) is 0 Å². The van der Waals surface area contributed by atoms with Gasteiger partial charge in [0.05, 0.1) is 18.8 Å². The zero-order chi connectivity index (χ0) is 20.0. The van der Waals surface area contributed by atoms with Crippen LogP contribution in [0, 0.1) is 6.92 Å². The standard InChI is InChI=1S/C23H24N4OS/c1-15-7-12-20(27(15)17-8-10-18(28-3)11-9-17)22-21(19-6-4-5-13-24-19)25-23-26(22)14-16(2)29-23/h4-13,16,21-22H,14H2,1-3H3/t16-,21+,22+/m0/s1. The van der Waals surface area contributed by atoms with Crippen LogP contribution in [0.1, 0.15) is 36.1 Å². The highest BCUT2D eigenvalue weighted by Gasteiger charge is 2.44. The fourth-order valence-corrected chi connectivity index (χ4v) is 5.40. The van der Waals surface area contributed by atoms with E-state index in [9.17, 15) is 0 Å². The quantitative estimate of drug-likeness (QED) is 0.628. The number of aliphatic imine (C=N–C) groups is 1. The second kappa shape index (κ2) is 7.26. The minimum absolute atomic E-state index is 0.00232. The number of nitrogens with zero attached hydrogens (tertiary/aromatic N) is 4. The average Bonchev–Trinajstić information content (AvgIpc) is 3.40. The van der Waals surface area contributed by atoms with Crippen LogP contribution in [0.3, 0.4) is 0 Å². The predicted octanol–water partition coefficient (Wildman–Crippen LogP) is 4.78. The highest BCUT2D eigenvalue weighted by Crippen LogP contribution is 2.48. The summed E-state index contributed by atoms with van der Waals surface area (Å²) in [7, 11) is 1.70. The second-order valence-electron chi connectivity index (χ2n) is 7.57. The third kappa shape index (κ3) is 3.12. The van der Waals surface area contributed by atoms with E-state index in [-0.39, 0.29) is 12.1 Å². The maximum absolute atomic E-state index is 5.34. The van der Waals surface area contributed by atoms with Gasteiger partial charge < -0.3 is 14.2 Å². The lowest BCUT2D eigenvalue weighted by Crippen LogP contribution is -2.30. The third-order valence-electron chi connectivity index (χ3n) is 5.62. The zero-order valence-corrected chi connectivity index (χ0v) is 17.6. The molecule has 6 heteroatoms. The molecule has 0 radical (unpaired) electrons. The van der Waals surface area contributed by atoms with Gasteiger partial charge in [-0.3, -0.25) is 9.98 Å². The lowest BCUT2D eigenvalue weighted by Gasteiger charge is -2.28. The van der Waals surface area contributed by atoms with Crippen LogP contribution < -0.4 is 4.74 Å². The van der Waals surface area contributed by atoms with E-state index in [1.54, 1.807) is 7.11 Å². The van der Waals surface area contributed by atoms with Crippen molar-refractivity contribution < 1.29 is 4.74 Å². The highest BCUT2D eigenvalue weighted by molar-refractivity contribution is 8.14. The van der Waals surface area contributed by atoms with Crippen LogP contribution in [0.5, 0.6) is 5.75 Å². The molecule has 148 valence electrons. The van der Waals surface area contributed by atoms with E-state index < -0.39 is 0 Å². The Labute approximate surface area is 175 Å². The predicted molar refractivity (Wildman–Crippen MR) is 118 cm³/mol. The molecule has 0 saturated carbocycles. The van der Waals surface area contributed by atoms with Gasteiger partial charge in [-0.25, -0.2) is 0 Å². The Morgan fingerprint density at radius 3 is 2.62 bits per heavy atom. The van der Waals surface area contributed by atoms with Crippen LogP contribution in [0.25, 0.3) is 5.69 Å². The van der Waals surface area contributed by atoms with Crippen LogP contribution in [0.2, 0.25) is 0 Å². The smallest absolute Gasteiger partial charge is 0.160 e. The number of pyridine rings is 1. The molecule has 0 spiro atoms. The van der Waals surface area contributed by atoms with Crippen molar-refractivity contribution >= 4 is 16.9 Å². The fraction of sp³-hybridized carbons (Fsp3) is 0.304. The first-order valence-electron chi connectivity index (χ1n) is 9.90. The summed E-state index contributed by atoms with van der Waals surface area (Å²) < 4.78 is 7.68. The SMILES string of the molecule is COc1ccc(-n2c(C)ccc2[C@@H]2[C@@H](c3ccccn3)N=C3S[C@@H](C)CN32)cc1. The molecule has 2 aromatic heterocycles. The van der Waals surface area contributed by atoms with Gasteiger partial charge in [0.15, 0.2) is 5.17 Å². The van der Waals surface area contributed by atoms with Crippen LogP contribution in [0.15, 0.2) is 65.8 Å². The Morgan fingerprint density at radius 1 is 1.07 bits per heavy atom. The number of thioether (sulfide) groups is 1. The maximum Gasteiger partial charge on any atom is 0.160 e. The molecule has 2 aliphatic heterocycles. The normalized spacial score (nSPS) is 23.2. The summed E-state index contributed by atoms with van der Waals surface area (Å²) in [6.07, 6.45) is 1.86. The average molecular weight is 405 g/mol. The van der Waals surface area contributed by atoms with Crippen molar-refractivity contribution in [1.82, 2.24) is 14.5 Å². The number of fused-ring (bicyclic) bond motifs is 1. The molecule has 0 amide bonds. The number of aryl methyl sites for hydroxylation is 1. The first kappa shape index (κ1) is 18.3. The summed E-state index contributed by atoms with van der Waals surface area (Å²) in [4.78, 5) is 12.2. The van der Waals surface area contributed by atoms with E-state index in [2.05, 4.69) is 58.6 Å². The molecule has 5 rings (SSSR count). The Bertz CT molecular complexity index is 1040. The minimum Gasteiger partial charge on any atom is -0.497 e. The Hall–Kier alpha value is -2.73. The fourth-order valence-electron chi connectivity index (χ4n) is 4.31. The minimum atomic E-state index is -0.00232. The van der Waals surface area contributed by atoms with Crippen LogP contribution >= 0.6 is 11.8 Å². The summed E-state index contributed by atoms with van der Waals surface area (Å²) in [6.45, 7) is 5.43. The molecule has 5 nitrogen and oxygen atoms in total. The lowest BCUT2D eigenvalue weighted by molar-refractivity contribution is 0.312. The number of rotatable bonds is 4. The van der Waals surface area contributed by atoms with Gasteiger partial charge in [-0.05, 0) is 55.5 Å². The molecule has 4 heterocycles. The van der Waals surface area contributed by atoms with Gasteiger partial charge in [-0.15, -0.1) is 0 Å². The van der Waals surface area contributed by atoms with E-state index in [4.69, 9.17) is 9.73 Å². The molecule has 1 fully saturated rings. The van der Waals surface area contributed by atoms with Crippen molar-refractivity contribution in [2.24, 2.45) is 4.99 Å². The monoisotopic (exact) mass is 404 g/mol. The molecule has 3 atom stereocenters. The summed E-state index contributed by atoms with van der Waals surface area (Å²) in [5.74, 6) is 0.864. The van der Waals surface area contributed by atoms with E-state index in [0.29, 0.717) is 5.25 Å². The van der Waals surface area contributed by atoms with E-state index >= 15 is 0 Å². The molecule has 1 saturated heterocycles. The molecular formula is C23H24N4OS. The number of benzene rings is 1. The van der Waals surface area contributed by atoms with Gasteiger partial charge in [0.25, 0.3) is 0 Å². The molecule has 0 bridgehead atoms. The maximum atomic E-state index is 5.34. The number of amidine groups is 1. The summed E-state index contributed by atoms with van der Waals surface area (Å²) in [5.41, 5.74) is 4.61. The Morgan fingerprint density at radius 2 is 1.90 bits per heavy atom. The molecule has 29 heavy (non-hydrogen) atoms. The van der Waals surface area contributed by atoms with Crippen molar-refractivity contribution in [2.75, 3.05) is 13.7 Å². The zero-order valence-electron chi connectivity index (χ0n) is 16.8. The van der Waals surface area contributed by atoms with Crippen LogP contribution in [0.4, 0.5) is 0 Å². The van der Waals surface area contributed by atoms with Gasteiger partial charge >= 0.3 is 0 Å².